The number of benzene rings is 1. The van der Waals surface area contributed by atoms with Gasteiger partial charge in [0, 0.05) is 5.56 Å². The van der Waals surface area contributed by atoms with E-state index in [1.54, 1.807) is 12.1 Å². The molecule has 2 aliphatic heterocycles. The van der Waals surface area contributed by atoms with Crippen LogP contribution in [0.2, 0.25) is 0 Å². The van der Waals surface area contributed by atoms with Crippen molar-refractivity contribution in [3.63, 3.8) is 0 Å². The van der Waals surface area contributed by atoms with Gasteiger partial charge in [0.25, 0.3) is 0 Å². The zero-order chi connectivity index (χ0) is 17.3. The molecule has 132 valence electrons. The third kappa shape index (κ3) is 1.62. The van der Waals surface area contributed by atoms with Crippen LogP contribution in [0.1, 0.15) is 56.9 Å². The Hall–Kier alpha value is -1.91. The van der Waals surface area contributed by atoms with Gasteiger partial charge < -0.3 is 9.47 Å². The van der Waals surface area contributed by atoms with Crippen LogP contribution in [-0.4, -0.2) is 18.0 Å². The van der Waals surface area contributed by atoms with E-state index in [1.807, 2.05) is 0 Å². The van der Waals surface area contributed by atoms with Crippen molar-refractivity contribution < 1.29 is 23.5 Å². The molecule has 0 aromatic heterocycles. The van der Waals surface area contributed by atoms with E-state index < -0.39 is 22.5 Å². The molecule has 0 N–H and O–H groups in total. The molecule has 5 heteroatoms. The summed E-state index contributed by atoms with van der Waals surface area (Å²) in [5.41, 5.74) is -1.95. The van der Waals surface area contributed by atoms with Crippen LogP contribution in [0.15, 0.2) is 24.3 Å². The lowest BCUT2D eigenvalue weighted by Gasteiger charge is -2.38. The first-order chi connectivity index (χ1) is 12.1. The van der Waals surface area contributed by atoms with Gasteiger partial charge in [-0.3, -0.25) is 9.59 Å². The normalized spacial score (nSPS) is 34.5. The highest BCUT2D eigenvalue weighted by atomic mass is 19.1. The van der Waals surface area contributed by atoms with Crippen molar-refractivity contribution in [2.24, 2.45) is 10.8 Å². The lowest BCUT2D eigenvalue weighted by atomic mass is 9.62. The van der Waals surface area contributed by atoms with Gasteiger partial charge in [0.2, 0.25) is 0 Å². The van der Waals surface area contributed by atoms with Crippen molar-refractivity contribution in [2.45, 2.75) is 63.1 Å². The molecule has 4 nitrogen and oxygen atoms in total. The van der Waals surface area contributed by atoms with Crippen molar-refractivity contribution >= 4 is 11.9 Å². The van der Waals surface area contributed by atoms with Gasteiger partial charge in [0.05, 0.1) is 0 Å². The number of carbonyl (C=O) groups excluding carboxylic acids is 2. The van der Waals surface area contributed by atoms with Crippen LogP contribution in [0.25, 0.3) is 0 Å². The SMILES string of the molecule is O=C1O[C@]2(c3ccc(F)cc3)[C@@H](OC(=O)C23CCCC3)C12CCCC2. The molecule has 2 saturated heterocycles. The standard InChI is InChI=1S/C20H21FO4/c21-14-7-5-13(6-8-14)20-15(18(16(22)25-20)9-1-2-10-18)24-17(23)19(20)11-3-4-12-19/h5-8,15H,1-4,9-12H2/t15-,20+/m0/s1. The summed E-state index contributed by atoms with van der Waals surface area (Å²) < 4.78 is 25.6. The second-order valence-electron chi connectivity index (χ2n) is 8.07. The minimum atomic E-state index is -1.10. The molecule has 4 aliphatic rings. The van der Waals surface area contributed by atoms with Crippen LogP contribution >= 0.6 is 0 Å². The van der Waals surface area contributed by atoms with E-state index in [9.17, 15) is 14.0 Å². The first-order valence-electron chi connectivity index (χ1n) is 9.26. The Morgan fingerprint density at radius 3 is 2.12 bits per heavy atom. The van der Waals surface area contributed by atoms with Crippen molar-refractivity contribution in [1.82, 2.24) is 0 Å². The molecule has 2 atom stereocenters. The van der Waals surface area contributed by atoms with Crippen molar-refractivity contribution in [3.05, 3.63) is 35.6 Å². The minimum absolute atomic E-state index is 0.238. The van der Waals surface area contributed by atoms with Gasteiger partial charge in [-0.05, 0) is 37.8 Å². The Morgan fingerprint density at radius 1 is 0.880 bits per heavy atom. The Bertz CT molecular complexity index is 741. The molecule has 2 spiro atoms. The molecule has 2 saturated carbocycles. The number of fused-ring (bicyclic) bond motifs is 3. The molecule has 2 heterocycles. The molecule has 2 aliphatic carbocycles. The van der Waals surface area contributed by atoms with Crippen LogP contribution in [0, 0.1) is 16.6 Å². The Balaban J connectivity index is 1.75. The number of esters is 2. The van der Waals surface area contributed by atoms with Gasteiger partial charge in [-0.25, -0.2) is 4.39 Å². The maximum Gasteiger partial charge on any atom is 0.317 e. The molecule has 0 bridgehead atoms. The first kappa shape index (κ1) is 15.4. The van der Waals surface area contributed by atoms with Gasteiger partial charge in [0.15, 0.2) is 11.7 Å². The lowest BCUT2D eigenvalue weighted by molar-refractivity contribution is -0.169. The Morgan fingerprint density at radius 2 is 1.48 bits per heavy atom. The first-order valence-corrected chi connectivity index (χ1v) is 9.26. The minimum Gasteiger partial charge on any atom is -0.456 e. The Kier molecular flexibility index (Phi) is 2.97. The van der Waals surface area contributed by atoms with Gasteiger partial charge in [-0.1, -0.05) is 37.8 Å². The molecule has 1 aromatic rings. The third-order valence-corrected chi connectivity index (χ3v) is 7.08. The number of rotatable bonds is 1. The fourth-order valence-corrected chi connectivity index (χ4v) is 5.92. The molecule has 1 aromatic carbocycles. The molecule has 0 radical (unpaired) electrons. The molecular formula is C20H21FO4. The number of ether oxygens (including phenoxy) is 2. The number of carbonyl (C=O) groups is 2. The van der Waals surface area contributed by atoms with Gasteiger partial charge in [0.1, 0.15) is 16.6 Å². The maximum absolute atomic E-state index is 13.5. The van der Waals surface area contributed by atoms with Gasteiger partial charge in [-0.2, -0.15) is 0 Å². The largest absolute Gasteiger partial charge is 0.456 e. The highest BCUT2D eigenvalue weighted by Gasteiger charge is 2.81. The fourth-order valence-electron chi connectivity index (χ4n) is 5.92. The van der Waals surface area contributed by atoms with E-state index in [0.717, 1.165) is 25.7 Å². The van der Waals surface area contributed by atoms with Crippen LogP contribution in [0.4, 0.5) is 4.39 Å². The zero-order valence-electron chi connectivity index (χ0n) is 14.1. The molecule has 0 amide bonds. The second-order valence-corrected chi connectivity index (χ2v) is 8.07. The second kappa shape index (κ2) is 4.83. The molecular weight excluding hydrogens is 323 g/mol. The third-order valence-electron chi connectivity index (χ3n) is 7.08. The average Bonchev–Trinajstić information content (AvgIpc) is 3.35. The predicted molar refractivity (Wildman–Crippen MR) is 85.9 cm³/mol. The van der Waals surface area contributed by atoms with E-state index in [0.29, 0.717) is 31.2 Å². The number of halogens is 1. The Labute approximate surface area is 145 Å². The van der Waals surface area contributed by atoms with Crippen LogP contribution in [-0.2, 0) is 24.7 Å². The maximum atomic E-state index is 13.5. The fraction of sp³-hybridized carbons (Fsp3) is 0.600. The van der Waals surface area contributed by atoms with Gasteiger partial charge >= 0.3 is 11.9 Å². The molecule has 4 fully saturated rings. The van der Waals surface area contributed by atoms with E-state index >= 15 is 0 Å². The number of hydrogen-bond acceptors (Lipinski definition) is 4. The van der Waals surface area contributed by atoms with E-state index in [1.165, 1.54) is 12.1 Å². The van der Waals surface area contributed by atoms with Crippen LogP contribution in [0.5, 0.6) is 0 Å². The summed E-state index contributed by atoms with van der Waals surface area (Å²) in [4.78, 5) is 26.0. The highest BCUT2D eigenvalue weighted by molar-refractivity contribution is 5.90. The van der Waals surface area contributed by atoms with E-state index in [4.69, 9.17) is 9.47 Å². The van der Waals surface area contributed by atoms with Crippen LogP contribution < -0.4 is 0 Å². The molecule has 0 unspecified atom stereocenters. The summed E-state index contributed by atoms with van der Waals surface area (Å²) in [6.07, 6.45) is 5.82. The average molecular weight is 344 g/mol. The van der Waals surface area contributed by atoms with Crippen molar-refractivity contribution in [1.29, 1.82) is 0 Å². The quantitative estimate of drug-likeness (QED) is 0.730. The zero-order valence-corrected chi connectivity index (χ0v) is 14.1. The summed E-state index contributed by atoms with van der Waals surface area (Å²) in [7, 11) is 0. The monoisotopic (exact) mass is 344 g/mol. The molecule has 5 rings (SSSR count). The summed E-state index contributed by atoms with van der Waals surface area (Å²) in [5, 5.41) is 0. The molecule has 25 heavy (non-hydrogen) atoms. The van der Waals surface area contributed by atoms with Crippen molar-refractivity contribution in [2.75, 3.05) is 0 Å². The predicted octanol–water partition coefficient (Wildman–Crippen LogP) is 3.62. The van der Waals surface area contributed by atoms with Crippen molar-refractivity contribution in [3.8, 4) is 0 Å². The van der Waals surface area contributed by atoms with E-state index in [2.05, 4.69) is 0 Å². The summed E-state index contributed by atoms with van der Waals surface area (Å²) >= 11 is 0. The number of hydrogen-bond donors (Lipinski definition) is 0. The van der Waals surface area contributed by atoms with Crippen LogP contribution in [0.3, 0.4) is 0 Å². The highest BCUT2D eigenvalue weighted by Crippen LogP contribution is 2.69. The topological polar surface area (TPSA) is 52.6 Å². The van der Waals surface area contributed by atoms with E-state index in [-0.39, 0.29) is 17.8 Å². The smallest absolute Gasteiger partial charge is 0.317 e. The lowest BCUT2D eigenvalue weighted by Crippen LogP contribution is -2.49. The van der Waals surface area contributed by atoms with Gasteiger partial charge in [-0.15, -0.1) is 0 Å². The summed E-state index contributed by atoms with van der Waals surface area (Å²) in [6, 6.07) is 6.07. The summed E-state index contributed by atoms with van der Waals surface area (Å²) in [5.74, 6) is -0.821. The summed E-state index contributed by atoms with van der Waals surface area (Å²) in [6.45, 7) is 0.